The number of hydrogen-bond donors (Lipinski definition) is 0. The molecule has 0 fully saturated rings. The second kappa shape index (κ2) is 9.78. The SMILES string of the molecule is COc1cccc(-c2cc(C(F)(F)F)nc(-n3nc(-c4ccc(C)cc4)c(C)c3-c3ccc(C)cc3)n2)c1. The van der Waals surface area contributed by atoms with Gasteiger partial charge in [0.2, 0.25) is 0 Å². The van der Waals surface area contributed by atoms with Gasteiger partial charge in [-0.05, 0) is 39.0 Å². The highest BCUT2D eigenvalue weighted by Gasteiger charge is 2.34. The maximum atomic E-state index is 14.0. The minimum atomic E-state index is -4.68. The van der Waals surface area contributed by atoms with E-state index < -0.39 is 11.9 Å². The second-order valence-corrected chi connectivity index (χ2v) is 9.13. The molecule has 0 radical (unpaired) electrons. The lowest BCUT2D eigenvalue weighted by Gasteiger charge is -2.13. The number of ether oxygens (including phenoxy) is 1. The van der Waals surface area contributed by atoms with Gasteiger partial charge in [0.1, 0.15) is 5.75 Å². The molecule has 2 heterocycles. The molecule has 0 amide bonds. The van der Waals surface area contributed by atoms with E-state index in [9.17, 15) is 13.2 Å². The van der Waals surface area contributed by atoms with E-state index in [1.165, 1.54) is 11.8 Å². The molecule has 0 saturated carbocycles. The zero-order valence-electron chi connectivity index (χ0n) is 21.3. The molecule has 8 heteroatoms. The fourth-order valence-electron chi connectivity index (χ4n) is 4.28. The van der Waals surface area contributed by atoms with Crippen molar-refractivity contribution in [3.8, 4) is 45.5 Å². The van der Waals surface area contributed by atoms with E-state index in [0.29, 0.717) is 22.7 Å². The first kappa shape index (κ1) is 25.2. The van der Waals surface area contributed by atoms with Gasteiger partial charge in [-0.15, -0.1) is 0 Å². The molecular formula is C30H25F3N4O. The molecule has 0 aliphatic rings. The first-order valence-electron chi connectivity index (χ1n) is 12.0. The number of aromatic nitrogens is 4. The molecule has 192 valence electrons. The molecule has 0 aliphatic heterocycles. The number of benzene rings is 3. The molecule has 0 saturated heterocycles. The lowest BCUT2D eigenvalue weighted by Crippen LogP contribution is -2.14. The van der Waals surface area contributed by atoms with Crippen LogP contribution in [-0.4, -0.2) is 26.9 Å². The number of nitrogens with zero attached hydrogens (tertiary/aromatic N) is 4. The third kappa shape index (κ3) is 4.89. The summed E-state index contributed by atoms with van der Waals surface area (Å²) in [5, 5.41) is 4.77. The Morgan fingerprint density at radius 3 is 1.97 bits per heavy atom. The van der Waals surface area contributed by atoms with Crippen molar-refractivity contribution in [3.05, 3.63) is 101 Å². The average molecular weight is 515 g/mol. The third-order valence-electron chi connectivity index (χ3n) is 6.33. The summed E-state index contributed by atoms with van der Waals surface area (Å²) in [4.78, 5) is 8.50. The van der Waals surface area contributed by atoms with E-state index in [2.05, 4.69) is 9.97 Å². The van der Waals surface area contributed by atoms with Gasteiger partial charge in [0.05, 0.1) is 24.2 Å². The number of halogens is 3. The Bertz CT molecular complexity index is 1600. The minimum absolute atomic E-state index is 0.112. The van der Waals surface area contributed by atoms with Crippen LogP contribution in [0.25, 0.3) is 39.7 Å². The van der Waals surface area contributed by atoms with Gasteiger partial charge in [-0.25, -0.2) is 9.97 Å². The highest BCUT2D eigenvalue weighted by atomic mass is 19.4. The molecule has 5 rings (SSSR count). The molecule has 0 aliphatic carbocycles. The van der Waals surface area contributed by atoms with Crippen LogP contribution in [0, 0.1) is 20.8 Å². The van der Waals surface area contributed by atoms with Gasteiger partial charge in [-0.3, -0.25) is 0 Å². The van der Waals surface area contributed by atoms with Crippen LogP contribution in [0.4, 0.5) is 13.2 Å². The van der Waals surface area contributed by atoms with Crippen molar-refractivity contribution in [2.75, 3.05) is 7.11 Å². The summed E-state index contributed by atoms with van der Waals surface area (Å²) in [6.07, 6.45) is -4.68. The lowest BCUT2D eigenvalue weighted by atomic mass is 10.0. The van der Waals surface area contributed by atoms with Crippen LogP contribution in [-0.2, 0) is 6.18 Å². The van der Waals surface area contributed by atoms with Crippen molar-refractivity contribution >= 4 is 0 Å². The summed E-state index contributed by atoms with van der Waals surface area (Å²) < 4.78 is 48.8. The first-order valence-corrected chi connectivity index (χ1v) is 12.0. The Morgan fingerprint density at radius 2 is 1.37 bits per heavy atom. The number of alkyl halides is 3. The topological polar surface area (TPSA) is 52.8 Å². The Labute approximate surface area is 218 Å². The van der Waals surface area contributed by atoms with Crippen LogP contribution in [0.1, 0.15) is 22.4 Å². The van der Waals surface area contributed by atoms with Gasteiger partial charge in [0.25, 0.3) is 5.95 Å². The molecule has 0 spiro atoms. The van der Waals surface area contributed by atoms with Crippen LogP contribution < -0.4 is 4.74 Å². The van der Waals surface area contributed by atoms with Crippen molar-refractivity contribution in [2.45, 2.75) is 26.9 Å². The molecule has 5 nitrogen and oxygen atoms in total. The second-order valence-electron chi connectivity index (χ2n) is 9.13. The maximum Gasteiger partial charge on any atom is 0.433 e. The Balaban J connectivity index is 1.79. The number of methoxy groups -OCH3 is 1. The van der Waals surface area contributed by atoms with Crippen LogP contribution in [0.3, 0.4) is 0 Å². The summed E-state index contributed by atoms with van der Waals surface area (Å²) in [7, 11) is 1.50. The van der Waals surface area contributed by atoms with Crippen molar-refractivity contribution in [1.29, 1.82) is 0 Å². The fourth-order valence-corrected chi connectivity index (χ4v) is 4.28. The van der Waals surface area contributed by atoms with Gasteiger partial charge in [-0.1, -0.05) is 71.8 Å². The van der Waals surface area contributed by atoms with E-state index in [0.717, 1.165) is 33.9 Å². The monoisotopic (exact) mass is 514 g/mol. The van der Waals surface area contributed by atoms with E-state index in [1.54, 1.807) is 24.3 Å². The smallest absolute Gasteiger partial charge is 0.433 e. The van der Waals surface area contributed by atoms with Crippen molar-refractivity contribution in [2.24, 2.45) is 0 Å². The third-order valence-corrected chi connectivity index (χ3v) is 6.33. The van der Waals surface area contributed by atoms with Crippen LogP contribution in [0.15, 0.2) is 78.9 Å². The first-order chi connectivity index (χ1) is 18.1. The van der Waals surface area contributed by atoms with Crippen molar-refractivity contribution < 1.29 is 17.9 Å². The minimum Gasteiger partial charge on any atom is -0.497 e. The number of rotatable bonds is 5. The Morgan fingerprint density at radius 1 is 0.737 bits per heavy atom. The highest BCUT2D eigenvalue weighted by Crippen LogP contribution is 2.36. The fraction of sp³-hybridized carbons (Fsp3) is 0.167. The van der Waals surface area contributed by atoms with E-state index in [-0.39, 0.29) is 11.6 Å². The predicted molar refractivity (Wildman–Crippen MR) is 141 cm³/mol. The summed E-state index contributed by atoms with van der Waals surface area (Å²) >= 11 is 0. The van der Waals surface area contributed by atoms with Gasteiger partial charge in [-0.2, -0.15) is 23.0 Å². The Kier molecular flexibility index (Phi) is 6.48. The highest BCUT2D eigenvalue weighted by molar-refractivity contribution is 5.75. The average Bonchev–Trinajstić information content (AvgIpc) is 3.26. The zero-order chi connectivity index (χ0) is 27.0. The standard InChI is InChI=1S/C30H25F3N4O/c1-18-8-12-21(13-9-18)27-20(3)28(22-14-10-19(2)11-15-22)37(36-27)29-34-25(17-26(35-29)30(31,32)33)23-6-5-7-24(16-23)38-4/h5-17H,1-4H3. The van der Waals surface area contributed by atoms with Gasteiger partial charge >= 0.3 is 6.18 Å². The summed E-state index contributed by atoms with van der Waals surface area (Å²) in [5.41, 5.74) is 5.39. The normalized spacial score (nSPS) is 11.6. The van der Waals surface area contributed by atoms with Crippen molar-refractivity contribution in [3.63, 3.8) is 0 Å². The molecule has 0 unspecified atom stereocenters. The van der Waals surface area contributed by atoms with Gasteiger partial charge in [0.15, 0.2) is 5.69 Å². The lowest BCUT2D eigenvalue weighted by molar-refractivity contribution is -0.141. The molecular weight excluding hydrogens is 489 g/mol. The number of hydrogen-bond acceptors (Lipinski definition) is 4. The molecule has 0 bridgehead atoms. The Hall–Kier alpha value is -4.46. The molecule has 3 aromatic carbocycles. The van der Waals surface area contributed by atoms with Crippen LogP contribution >= 0.6 is 0 Å². The van der Waals surface area contributed by atoms with Crippen molar-refractivity contribution in [1.82, 2.24) is 19.7 Å². The summed E-state index contributed by atoms with van der Waals surface area (Å²) in [5.74, 6) is 0.336. The molecule has 5 aromatic rings. The number of aryl methyl sites for hydroxylation is 2. The molecule has 2 aromatic heterocycles. The van der Waals surface area contributed by atoms with E-state index >= 15 is 0 Å². The summed E-state index contributed by atoms with van der Waals surface area (Å²) in [6.45, 7) is 5.87. The zero-order valence-corrected chi connectivity index (χ0v) is 21.3. The van der Waals surface area contributed by atoms with Gasteiger partial charge in [0, 0.05) is 22.3 Å². The molecule has 0 atom stereocenters. The van der Waals surface area contributed by atoms with E-state index in [1.807, 2.05) is 69.3 Å². The predicted octanol–water partition coefficient (Wildman–Crippen LogP) is 7.62. The van der Waals surface area contributed by atoms with Gasteiger partial charge < -0.3 is 4.74 Å². The van der Waals surface area contributed by atoms with Crippen LogP contribution in [0.5, 0.6) is 5.75 Å². The largest absolute Gasteiger partial charge is 0.497 e. The molecule has 38 heavy (non-hydrogen) atoms. The summed E-state index contributed by atoms with van der Waals surface area (Å²) in [6, 6.07) is 23.3. The molecule has 0 N–H and O–H groups in total. The van der Waals surface area contributed by atoms with Crippen LogP contribution in [0.2, 0.25) is 0 Å². The quantitative estimate of drug-likeness (QED) is 0.242. The van der Waals surface area contributed by atoms with E-state index in [4.69, 9.17) is 9.84 Å². The maximum absolute atomic E-state index is 14.0.